The summed E-state index contributed by atoms with van der Waals surface area (Å²) in [6, 6.07) is 15.9. The van der Waals surface area contributed by atoms with E-state index in [4.69, 9.17) is 0 Å². The van der Waals surface area contributed by atoms with Gasteiger partial charge < -0.3 is 4.98 Å². The zero-order chi connectivity index (χ0) is 14.7. The minimum Gasteiger partial charge on any atom is -0.354 e. The molecule has 0 aliphatic heterocycles. The molecule has 22 heavy (non-hydrogen) atoms. The molecule has 0 saturated carbocycles. The molecule has 104 valence electrons. The van der Waals surface area contributed by atoms with Crippen LogP contribution < -0.4 is 5.56 Å². The quantitative estimate of drug-likeness (QED) is 0.443. The first-order valence-corrected chi connectivity index (χ1v) is 7.12. The van der Waals surface area contributed by atoms with Gasteiger partial charge in [0.15, 0.2) is 0 Å². The highest BCUT2D eigenvalue weighted by atomic mass is 16.1. The fraction of sp³-hybridized carbons (Fsp3) is 0. The maximum absolute atomic E-state index is 12.0. The van der Waals surface area contributed by atoms with E-state index in [9.17, 15) is 4.79 Å². The van der Waals surface area contributed by atoms with Crippen molar-refractivity contribution in [2.75, 3.05) is 0 Å². The van der Waals surface area contributed by atoms with Crippen molar-refractivity contribution >= 4 is 38.2 Å². The molecule has 3 aromatic heterocycles. The fourth-order valence-electron chi connectivity index (χ4n) is 3.16. The molecule has 0 radical (unpaired) electrons. The molecule has 1 N–H and O–H groups in total. The number of pyridine rings is 1. The van der Waals surface area contributed by atoms with Crippen molar-refractivity contribution in [3.05, 3.63) is 71.3 Å². The molecule has 0 aliphatic rings. The Morgan fingerprint density at radius 1 is 0.909 bits per heavy atom. The van der Waals surface area contributed by atoms with Crippen LogP contribution in [0.1, 0.15) is 0 Å². The summed E-state index contributed by atoms with van der Waals surface area (Å²) in [6.45, 7) is 0. The molecular formula is C18H11N3O. The Hall–Kier alpha value is -3.14. The minimum atomic E-state index is -0.0640. The van der Waals surface area contributed by atoms with Crippen LogP contribution in [0.4, 0.5) is 0 Å². The summed E-state index contributed by atoms with van der Waals surface area (Å²) in [5.41, 5.74) is 2.83. The number of fused-ring (bicyclic) bond motifs is 6. The lowest BCUT2D eigenvalue weighted by atomic mass is 10.1. The number of hydrogen-bond acceptors (Lipinski definition) is 2. The molecule has 5 rings (SSSR count). The van der Waals surface area contributed by atoms with Crippen LogP contribution in [-0.2, 0) is 0 Å². The molecule has 5 aromatic rings. The van der Waals surface area contributed by atoms with Gasteiger partial charge in [0, 0.05) is 45.7 Å². The van der Waals surface area contributed by atoms with E-state index in [1.54, 1.807) is 16.8 Å². The molecule has 0 unspecified atom stereocenters. The summed E-state index contributed by atoms with van der Waals surface area (Å²) >= 11 is 0. The maximum atomic E-state index is 12.0. The van der Waals surface area contributed by atoms with Crippen molar-refractivity contribution in [3.8, 4) is 0 Å². The summed E-state index contributed by atoms with van der Waals surface area (Å²) < 4.78 is 1.59. The largest absolute Gasteiger partial charge is 0.354 e. The molecule has 0 fully saturated rings. The summed E-state index contributed by atoms with van der Waals surface area (Å²) in [5.74, 6) is 0. The summed E-state index contributed by atoms with van der Waals surface area (Å²) in [4.78, 5) is 19.8. The average molecular weight is 285 g/mol. The smallest absolute Gasteiger partial charge is 0.257 e. The van der Waals surface area contributed by atoms with Crippen molar-refractivity contribution in [2.45, 2.75) is 0 Å². The SMILES string of the molecule is O=c1ccnc2c3cc4c(cc3ccn12)[nH]c1ccccc14. The van der Waals surface area contributed by atoms with E-state index < -0.39 is 0 Å². The monoisotopic (exact) mass is 285 g/mol. The number of nitrogens with zero attached hydrogens (tertiary/aromatic N) is 2. The first kappa shape index (κ1) is 11.5. The van der Waals surface area contributed by atoms with Crippen molar-refractivity contribution < 1.29 is 0 Å². The van der Waals surface area contributed by atoms with Crippen LogP contribution in [0.3, 0.4) is 0 Å². The molecule has 0 aliphatic carbocycles. The van der Waals surface area contributed by atoms with Gasteiger partial charge in [-0.05, 0) is 29.7 Å². The van der Waals surface area contributed by atoms with Crippen LogP contribution in [0.2, 0.25) is 0 Å². The van der Waals surface area contributed by atoms with E-state index in [1.165, 1.54) is 11.5 Å². The number of nitrogens with one attached hydrogen (secondary N) is 1. The minimum absolute atomic E-state index is 0.0640. The predicted octanol–water partition coefficient (Wildman–Crippen LogP) is 3.48. The Bertz CT molecular complexity index is 1250. The molecule has 2 aromatic carbocycles. The van der Waals surface area contributed by atoms with Crippen molar-refractivity contribution in [1.29, 1.82) is 0 Å². The number of aromatic nitrogens is 3. The van der Waals surface area contributed by atoms with Gasteiger partial charge in [0.25, 0.3) is 5.56 Å². The van der Waals surface area contributed by atoms with Crippen LogP contribution >= 0.6 is 0 Å². The van der Waals surface area contributed by atoms with Crippen LogP contribution in [0.25, 0.3) is 38.2 Å². The Morgan fingerprint density at radius 2 is 1.82 bits per heavy atom. The normalized spacial score (nSPS) is 11.8. The molecular weight excluding hydrogens is 274 g/mol. The van der Waals surface area contributed by atoms with E-state index >= 15 is 0 Å². The Kier molecular flexibility index (Phi) is 2.07. The van der Waals surface area contributed by atoms with Crippen LogP contribution in [0.15, 0.2) is 65.7 Å². The summed E-state index contributed by atoms with van der Waals surface area (Å²) in [5, 5.41) is 4.38. The van der Waals surface area contributed by atoms with E-state index in [0.29, 0.717) is 5.65 Å². The third-order valence-corrected chi connectivity index (χ3v) is 4.20. The molecule has 4 nitrogen and oxygen atoms in total. The van der Waals surface area contributed by atoms with Gasteiger partial charge in [-0.1, -0.05) is 18.2 Å². The number of para-hydroxylation sites is 1. The predicted molar refractivity (Wildman–Crippen MR) is 88.3 cm³/mol. The van der Waals surface area contributed by atoms with Gasteiger partial charge in [-0.15, -0.1) is 0 Å². The molecule has 3 heterocycles. The van der Waals surface area contributed by atoms with Gasteiger partial charge in [0.05, 0.1) is 0 Å². The van der Waals surface area contributed by atoms with Crippen LogP contribution in [0, 0.1) is 0 Å². The lowest BCUT2D eigenvalue weighted by molar-refractivity contribution is 1.06. The van der Waals surface area contributed by atoms with Crippen LogP contribution in [0.5, 0.6) is 0 Å². The second kappa shape index (κ2) is 3.95. The summed E-state index contributed by atoms with van der Waals surface area (Å²) in [6.07, 6.45) is 3.35. The standard InChI is InChI=1S/C18H11N3O/c22-17-5-7-19-18-13-10-14-12-3-1-2-4-15(12)20-16(14)9-11(13)6-8-21(17)18/h1-10,20H. The first-order valence-electron chi connectivity index (χ1n) is 7.12. The topological polar surface area (TPSA) is 50.2 Å². The number of benzene rings is 2. The van der Waals surface area contributed by atoms with Crippen LogP contribution in [-0.4, -0.2) is 14.4 Å². The second-order valence-corrected chi connectivity index (χ2v) is 5.45. The highest BCUT2D eigenvalue weighted by Gasteiger charge is 2.08. The number of aromatic amines is 1. The van der Waals surface area contributed by atoms with E-state index in [0.717, 1.165) is 27.2 Å². The average Bonchev–Trinajstić information content (AvgIpc) is 2.90. The van der Waals surface area contributed by atoms with Gasteiger partial charge in [0.2, 0.25) is 0 Å². The zero-order valence-corrected chi connectivity index (χ0v) is 11.6. The highest BCUT2D eigenvalue weighted by molar-refractivity contribution is 6.13. The van der Waals surface area contributed by atoms with E-state index in [-0.39, 0.29) is 5.56 Å². The zero-order valence-electron chi connectivity index (χ0n) is 11.6. The second-order valence-electron chi connectivity index (χ2n) is 5.45. The molecule has 0 spiro atoms. The molecule has 0 saturated heterocycles. The van der Waals surface area contributed by atoms with Gasteiger partial charge in [-0.25, -0.2) is 4.98 Å². The summed E-state index contributed by atoms with van der Waals surface area (Å²) in [7, 11) is 0. The molecule has 0 atom stereocenters. The Morgan fingerprint density at radius 3 is 2.77 bits per heavy atom. The van der Waals surface area contributed by atoms with Gasteiger partial charge in [0.1, 0.15) is 5.65 Å². The lowest BCUT2D eigenvalue weighted by Crippen LogP contribution is -2.12. The Balaban J connectivity index is 2.07. The fourth-order valence-corrected chi connectivity index (χ4v) is 3.16. The molecule has 0 amide bonds. The third-order valence-electron chi connectivity index (χ3n) is 4.20. The maximum Gasteiger partial charge on any atom is 0.257 e. The van der Waals surface area contributed by atoms with Gasteiger partial charge in [-0.3, -0.25) is 9.20 Å². The van der Waals surface area contributed by atoms with Crippen molar-refractivity contribution in [2.24, 2.45) is 0 Å². The highest BCUT2D eigenvalue weighted by Crippen LogP contribution is 2.30. The number of hydrogen-bond donors (Lipinski definition) is 1. The number of H-pyrrole nitrogens is 1. The van der Waals surface area contributed by atoms with Crippen molar-refractivity contribution in [1.82, 2.24) is 14.4 Å². The molecule has 0 bridgehead atoms. The van der Waals surface area contributed by atoms with Crippen molar-refractivity contribution in [3.63, 3.8) is 0 Å². The molecule has 4 heteroatoms. The lowest BCUT2D eigenvalue weighted by Gasteiger charge is -2.04. The number of rotatable bonds is 0. The van der Waals surface area contributed by atoms with E-state index in [1.807, 2.05) is 18.2 Å². The van der Waals surface area contributed by atoms with Gasteiger partial charge >= 0.3 is 0 Å². The Labute approximate surface area is 124 Å². The first-order chi connectivity index (χ1) is 10.8. The van der Waals surface area contributed by atoms with Gasteiger partial charge in [-0.2, -0.15) is 0 Å². The third kappa shape index (κ3) is 1.41. The van der Waals surface area contributed by atoms with E-state index in [2.05, 4.69) is 34.2 Å².